The maximum absolute atomic E-state index is 12.3. The van der Waals surface area contributed by atoms with Gasteiger partial charge in [0.1, 0.15) is 5.15 Å². The second-order valence-electron chi connectivity index (χ2n) is 7.34. The molecule has 0 aliphatic rings. The molecule has 1 aromatic heterocycles. The number of carbonyl (C=O) groups is 1. The molecule has 2 aromatic rings. The molecule has 0 atom stereocenters. The molecule has 30 heavy (non-hydrogen) atoms. The van der Waals surface area contributed by atoms with Crippen molar-refractivity contribution in [2.24, 2.45) is 0 Å². The van der Waals surface area contributed by atoms with Crippen molar-refractivity contribution >= 4 is 33.6 Å². The first-order chi connectivity index (χ1) is 14.1. The van der Waals surface area contributed by atoms with E-state index in [-0.39, 0.29) is 23.4 Å². The van der Waals surface area contributed by atoms with Crippen LogP contribution in [0.4, 0.5) is 0 Å². The highest BCUT2D eigenvalue weighted by atomic mass is 35.5. The predicted octanol–water partition coefficient (Wildman–Crippen LogP) is 3.66. The summed E-state index contributed by atoms with van der Waals surface area (Å²) in [4.78, 5) is 12.4. The fourth-order valence-electron chi connectivity index (χ4n) is 2.82. The number of carbonyl (C=O) groups excluding carboxylic acids is 1. The van der Waals surface area contributed by atoms with Gasteiger partial charge in [-0.2, -0.15) is 5.10 Å². The van der Waals surface area contributed by atoms with Crippen molar-refractivity contribution in [1.82, 2.24) is 19.8 Å². The molecule has 164 valence electrons. The van der Waals surface area contributed by atoms with Crippen LogP contribution >= 0.6 is 11.6 Å². The fraction of sp³-hybridized carbons (Fsp3) is 0.429. The molecule has 0 bridgehead atoms. The molecule has 0 saturated carbocycles. The molecule has 0 radical (unpaired) electrons. The van der Waals surface area contributed by atoms with Gasteiger partial charge in [-0.1, -0.05) is 37.1 Å². The smallest absolute Gasteiger partial charge is 0.244 e. The Kier molecular flexibility index (Phi) is 8.64. The quantitative estimate of drug-likeness (QED) is 0.538. The Labute approximate surface area is 183 Å². The average molecular weight is 453 g/mol. The Balaban J connectivity index is 2.02. The van der Waals surface area contributed by atoms with Crippen molar-refractivity contribution in [2.45, 2.75) is 64.6 Å². The topological polar surface area (TPSA) is 93.1 Å². The molecule has 1 aromatic carbocycles. The number of nitrogens with one attached hydrogen (secondary N) is 2. The molecular formula is C21H29ClN4O3S. The van der Waals surface area contributed by atoms with Crippen molar-refractivity contribution in [3.8, 4) is 0 Å². The number of hydrogen-bond donors (Lipinski definition) is 2. The number of halogens is 1. The lowest BCUT2D eigenvalue weighted by atomic mass is 10.2. The van der Waals surface area contributed by atoms with Gasteiger partial charge in [0.05, 0.1) is 10.6 Å². The van der Waals surface area contributed by atoms with E-state index >= 15 is 0 Å². The highest BCUT2D eigenvalue weighted by Gasteiger charge is 2.15. The standard InChI is InChI=1S/C21H29ClN4O3S/c1-5-6-12-26-21(22)19(16(4)24-26)10-11-20(27)23-14-17-8-7-9-18(13-17)30(28,29)25-15(2)3/h7-11,13,15,25H,5-6,12,14H2,1-4H3,(H,23,27)/b11-10+. The van der Waals surface area contributed by atoms with Crippen molar-refractivity contribution in [3.05, 3.63) is 52.3 Å². The van der Waals surface area contributed by atoms with E-state index in [1.165, 1.54) is 12.1 Å². The molecule has 2 N–H and O–H groups in total. The SMILES string of the molecule is CCCCn1nc(C)c(/C=C/C(=O)NCc2cccc(S(=O)(=O)NC(C)C)c2)c1Cl. The van der Waals surface area contributed by atoms with Gasteiger partial charge in [0.2, 0.25) is 15.9 Å². The first kappa shape index (κ1) is 24.1. The third-order valence-corrected chi connectivity index (χ3v) is 6.36. The van der Waals surface area contributed by atoms with E-state index in [1.54, 1.807) is 42.8 Å². The van der Waals surface area contributed by atoms with Crippen molar-refractivity contribution in [3.63, 3.8) is 0 Å². The van der Waals surface area contributed by atoms with Crippen LogP contribution in [0.2, 0.25) is 5.15 Å². The zero-order valence-corrected chi connectivity index (χ0v) is 19.3. The summed E-state index contributed by atoms with van der Waals surface area (Å²) < 4.78 is 28.9. The van der Waals surface area contributed by atoms with Crippen LogP contribution in [0.1, 0.15) is 50.4 Å². The Morgan fingerprint density at radius 3 is 2.73 bits per heavy atom. The van der Waals surface area contributed by atoms with Crippen LogP contribution in [0.25, 0.3) is 6.08 Å². The van der Waals surface area contributed by atoms with Crippen molar-refractivity contribution in [1.29, 1.82) is 0 Å². The predicted molar refractivity (Wildman–Crippen MR) is 120 cm³/mol. The van der Waals surface area contributed by atoms with Gasteiger partial charge in [-0.05, 0) is 51.0 Å². The van der Waals surface area contributed by atoms with Gasteiger partial charge in [-0.15, -0.1) is 0 Å². The monoisotopic (exact) mass is 452 g/mol. The van der Waals surface area contributed by atoms with Gasteiger partial charge >= 0.3 is 0 Å². The molecular weight excluding hydrogens is 424 g/mol. The normalized spacial score (nSPS) is 12.1. The van der Waals surface area contributed by atoms with Gasteiger partial charge in [0.25, 0.3) is 0 Å². The Bertz CT molecular complexity index is 1010. The van der Waals surface area contributed by atoms with E-state index in [4.69, 9.17) is 11.6 Å². The van der Waals surface area contributed by atoms with Crippen molar-refractivity contribution < 1.29 is 13.2 Å². The summed E-state index contributed by atoms with van der Waals surface area (Å²) in [5.74, 6) is -0.305. The maximum atomic E-state index is 12.3. The molecule has 0 fully saturated rings. The number of nitrogens with zero attached hydrogens (tertiary/aromatic N) is 2. The molecule has 9 heteroatoms. The lowest BCUT2D eigenvalue weighted by molar-refractivity contribution is -0.116. The molecule has 0 unspecified atom stereocenters. The van der Waals surface area contributed by atoms with Crippen LogP contribution < -0.4 is 10.0 Å². The average Bonchev–Trinajstić information content (AvgIpc) is 2.95. The summed E-state index contributed by atoms with van der Waals surface area (Å²) in [6.45, 7) is 8.41. The molecule has 1 heterocycles. The number of hydrogen-bond acceptors (Lipinski definition) is 4. The highest BCUT2D eigenvalue weighted by Crippen LogP contribution is 2.21. The summed E-state index contributed by atoms with van der Waals surface area (Å²) >= 11 is 6.37. The summed E-state index contributed by atoms with van der Waals surface area (Å²) in [6.07, 6.45) is 5.07. The largest absolute Gasteiger partial charge is 0.348 e. The van der Waals surface area contributed by atoms with E-state index in [2.05, 4.69) is 22.1 Å². The fourth-order valence-corrected chi connectivity index (χ4v) is 4.46. The molecule has 0 saturated heterocycles. The third-order valence-electron chi connectivity index (χ3n) is 4.30. The van der Waals surface area contributed by atoms with E-state index in [0.29, 0.717) is 10.7 Å². The minimum Gasteiger partial charge on any atom is -0.348 e. The van der Waals surface area contributed by atoms with Crippen LogP contribution in [0.3, 0.4) is 0 Å². The second-order valence-corrected chi connectivity index (χ2v) is 9.41. The van der Waals surface area contributed by atoms with Gasteiger partial charge in [0, 0.05) is 30.8 Å². The molecule has 2 rings (SSSR count). The van der Waals surface area contributed by atoms with Gasteiger partial charge in [-0.3, -0.25) is 9.48 Å². The van der Waals surface area contributed by atoms with Crippen molar-refractivity contribution in [2.75, 3.05) is 0 Å². The summed E-state index contributed by atoms with van der Waals surface area (Å²) in [6, 6.07) is 6.28. The van der Waals surface area contributed by atoms with Gasteiger partial charge in [-0.25, -0.2) is 13.1 Å². The Morgan fingerprint density at radius 1 is 1.33 bits per heavy atom. The lowest BCUT2D eigenvalue weighted by Gasteiger charge is -2.11. The van der Waals surface area contributed by atoms with E-state index in [9.17, 15) is 13.2 Å². The summed E-state index contributed by atoms with van der Waals surface area (Å²) in [7, 11) is -3.58. The molecule has 1 amide bonds. The van der Waals surface area contributed by atoms with E-state index in [1.807, 2.05) is 6.92 Å². The number of aromatic nitrogens is 2. The first-order valence-corrected chi connectivity index (χ1v) is 11.8. The lowest BCUT2D eigenvalue weighted by Crippen LogP contribution is -2.30. The van der Waals surface area contributed by atoms with E-state index < -0.39 is 10.0 Å². The Hall–Kier alpha value is -2.16. The summed E-state index contributed by atoms with van der Waals surface area (Å²) in [5, 5.41) is 7.68. The summed E-state index contributed by atoms with van der Waals surface area (Å²) in [5.41, 5.74) is 2.16. The van der Waals surface area contributed by atoms with Crippen LogP contribution in [0, 0.1) is 6.92 Å². The molecule has 0 aliphatic carbocycles. The molecule has 7 nitrogen and oxygen atoms in total. The minimum absolute atomic E-state index is 0.167. The van der Waals surface area contributed by atoms with Crippen LogP contribution in [0.5, 0.6) is 0 Å². The number of unbranched alkanes of at least 4 members (excludes halogenated alkanes) is 1. The minimum atomic E-state index is -3.58. The van der Waals surface area contributed by atoms with Crippen LogP contribution in [-0.4, -0.2) is 30.1 Å². The van der Waals surface area contributed by atoms with E-state index in [0.717, 1.165) is 30.6 Å². The molecule has 0 aliphatic heterocycles. The number of rotatable bonds is 10. The van der Waals surface area contributed by atoms with Crippen LogP contribution in [-0.2, 0) is 27.9 Å². The number of aryl methyl sites for hydroxylation is 2. The second kappa shape index (κ2) is 10.7. The maximum Gasteiger partial charge on any atom is 0.244 e. The highest BCUT2D eigenvalue weighted by molar-refractivity contribution is 7.89. The first-order valence-electron chi connectivity index (χ1n) is 9.94. The zero-order chi connectivity index (χ0) is 22.3. The Morgan fingerprint density at radius 2 is 2.07 bits per heavy atom. The van der Waals surface area contributed by atoms with Gasteiger partial charge in [0.15, 0.2) is 0 Å². The number of amides is 1. The third kappa shape index (κ3) is 6.68. The van der Waals surface area contributed by atoms with Gasteiger partial charge < -0.3 is 5.32 Å². The molecule has 0 spiro atoms. The number of sulfonamides is 1. The zero-order valence-electron chi connectivity index (χ0n) is 17.8. The van der Waals surface area contributed by atoms with Crippen LogP contribution in [0.15, 0.2) is 35.2 Å². The number of benzene rings is 1.